The Labute approximate surface area is 149 Å². The van der Waals surface area contributed by atoms with Gasteiger partial charge in [-0.2, -0.15) is 0 Å². The van der Waals surface area contributed by atoms with E-state index in [0.29, 0.717) is 29.7 Å². The predicted octanol–water partition coefficient (Wildman–Crippen LogP) is 3.53. The van der Waals surface area contributed by atoms with E-state index in [1.54, 1.807) is 19.1 Å². The maximum Gasteiger partial charge on any atom is 0.253 e. The van der Waals surface area contributed by atoms with Gasteiger partial charge < -0.3 is 10.3 Å². The van der Waals surface area contributed by atoms with Gasteiger partial charge in [-0.15, -0.1) is 0 Å². The summed E-state index contributed by atoms with van der Waals surface area (Å²) in [4.78, 5) is 24.5. The van der Waals surface area contributed by atoms with Crippen LogP contribution in [0.4, 0.5) is 4.39 Å². The van der Waals surface area contributed by atoms with Crippen LogP contribution < -0.4 is 5.32 Å². The van der Waals surface area contributed by atoms with Crippen molar-refractivity contribution in [3.63, 3.8) is 0 Å². The summed E-state index contributed by atoms with van der Waals surface area (Å²) in [5, 5.41) is 3.63. The number of nitrogens with one attached hydrogen (secondary N) is 2. The fourth-order valence-corrected chi connectivity index (χ4v) is 2.98. The molecule has 5 nitrogen and oxygen atoms in total. The third-order valence-corrected chi connectivity index (χ3v) is 4.30. The zero-order valence-electron chi connectivity index (χ0n) is 14.2. The second-order valence-electron chi connectivity index (χ2n) is 6.16. The molecular formula is C20H17FN4O. The van der Waals surface area contributed by atoms with Gasteiger partial charge in [-0.25, -0.2) is 9.37 Å². The van der Waals surface area contributed by atoms with Gasteiger partial charge in [0.1, 0.15) is 11.6 Å². The lowest BCUT2D eigenvalue weighted by Gasteiger charge is -2.08. The van der Waals surface area contributed by atoms with Crippen molar-refractivity contribution in [3.8, 4) is 0 Å². The number of halogens is 1. The summed E-state index contributed by atoms with van der Waals surface area (Å²) in [7, 11) is 0. The maximum absolute atomic E-state index is 13.3. The van der Waals surface area contributed by atoms with Gasteiger partial charge in [-0.1, -0.05) is 12.1 Å². The molecule has 2 aromatic carbocycles. The highest BCUT2D eigenvalue weighted by Crippen LogP contribution is 2.18. The molecule has 4 rings (SSSR count). The number of aromatic nitrogens is 3. The van der Waals surface area contributed by atoms with E-state index in [1.807, 2.05) is 24.3 Å². The minimum atomic E-state index is -0.340. The second kappa shape index (κ2) is 6.55. The van der Waals surface area contributed by atoms with Crippen molar-refractivity contribution in [3.05, 3.63) is 71.4 Å². The highest BCUT2D eigenvalue weighted by Gasteiger charge is 2.12. The molecule has 0 radical (unpaired) electrons. The molecule has 0 aliphatic carbocycles. The molecule has 0 aliphatic rings. The summed E-state index contributed by atoms with van der Waals surface area (Å²) in [6.07, 6.45) is 0.603. The first kappa shape index (κ1) is 16.2. The Morgan fingerprint density at radius 3 is 2.81 bits per heavy atom. The van der Waals surface area contributed by atoms with Crippen LogP contribution in [0.5, 0.6) is 0 Å². The Morgan fingerprint density at radius 2 is 1.96 bits per heavy atom. The number of aryl methyl sites for hydroxylation is 1. The monoisotopic (exact) mass is 348 g/mol. The lowest BCUT2D eigenvalue weighted by molar-refractivity contribution is 0.0953. The van der Waals surface area contributed by atoms with Crippen molar-refractivity contribution in [2.75, 3.05) is 6.54 Å². The molecule has 0 spiro atoms. The molecule has 0 fully saturated rings. The van der Waals surface area contributed by atoms with Gasteiger partial charge in [0, 0.05) is 24.4 Å². The van der Waals surface area contributed by atoms with E-state index in [1.165, 1.54) is 12.1 Å². The smallest absolute Gasteiger partial charge is 0.253 e. The van der Waals surface area contributed by atoms with Crippen molar-refractivity contribution >= 4 is 27.8 Å². The first-order valence-corrected chi connectivity index (χ1v) is 8.39. The highest BCUT2D eigenvalue weighted by molar-refractivity contribution is 5.98. The average Bonchev–Trinajstić information content (AvgIpc) is 3.03. The summed E-state index contributed by atoms with van der Waals surface area (Å²) < 4.78 is 13.3. The van der Waals surface area contributed by atoms with Crippen LogP contribution in [0, 0.1) is 12.7 Å². The van der Waals surface area contributed by atoms with Crippen molar-refractivity contribution < 1.29 is 9.18 Å². The summed E-state index contributed by atoms with van der Waals surface area (Å²) in [6, 6.07) is 13.9. The molecule has 0 saturated heterocycles. The number of para-hydroxylation sites is 2. The summed E-state index contributed by atoms with van der Waals surface area (Å²) in [5.74, 6) is 0.292. The molecule has 2 aromatic heterocycles. The number of nitrogens with zero attached hydrogens (tertiary/aromatic N) is 2. The molecule has 130 valence electrons. The number of hydrogen-bond acceptors (Lipinski definition) is 3. The standard InChI is InChI=1S/C20H17FN4O/c1-12-15(10-13-6-7-14(21)11-18(13)23-12)20(26)22-9-8-19-24-16-4-2-3-5-17(16)25-19/h2-7,10-11H,8-9H2,1H3,(H,22,26)(H,24,25). The number of carbonyl (C=O) groups is 1. The van der Waals surface area contributed by atoms with Crippen molar-refractivity contribution in [2.24, 2.45) is 0 Å². The third-order valence-electron chi connectivity index (χ3n) is 4.30. The van der Waals surface area contributed by atoms with Gasteiger partial charge in [0.15, 0.2) is 0 Å². The van der Waals surface area contributed by atoms with Crippen molar-refractivity contribution in [1.29, 1.82) is 0 Å². The molecule has 0 unspecified atom stereocenters. The number of rotatable bonds is 4. The average molecular weight is 348 g/mol. The second-order valence-corrected chi connectivity index (χ2v) is 6.16. The quantitative estimate of drug-likeness (QED) is 0.593. The van der Waals surface area contributed by atoms with E-state index in [0.717, 1.165) is 22.2 Å². The normalized spacial score (nSPS) is 11.2. The Hall–Kier alpha value is -3.28. The van der Waals surface area contributed by atoms with Gasteiger partial charge in [0.2, 0.25) is 0 Å². The first-order chi connectivity index (χ1) is 12.6. The lowest BCUT2D eigenvalue weighted by atomic mass is 10.1. The third kappa shape index (κ3) is 3.13. The molecular weight excluding hydrogens is 331 g/mol. The van der Waals surface area contributed by atoms with Gasteiger partial charge in [0.25, 0.3) is 5.91 Å². The number of aromatic amines is 1. The zero-order chi connectivity index (χ0) is 18.1. The fraction of sp³-hybridized carbons (Fsp3) is 0.150. The Kier molecular flexibility index (Phi) is 4.08. The van der Waals surface area contributed by atoms with E-state index in [2.05, 4.69) is 20.3 Å². The number of hydrogen-bond donors (Lipinski definition) is 2. The molecule has 26 heavy (non-hydrogen) atoms. The molecule has 0 bridgehead atoms. The summed E-state index contributed by atoms with van der Waals surface area (Å²) >= 11 is 0. The van der Waals surface area contributed by atoms with Crippen LogP contribution in [0.3, 0.4) is 0 Å². The number of carbonyl (C=O) groups excluding carboxylic acids is 1. The Morgan fingerprint density at radius 1 is 1.12 bits per heavy atom. The van der Waals surface area contributed by atoms with E-state index < -0.39 is 0 Å². The molecule has 1 amide bonds. The number of pyridine rings is 1. The highest BCUT2D eigenvalue weighted by atomic mass is 19.1. The SMILES string of the molecule is Cc1nc2cc(F)ccc2cc1C(=O)NCCc1nc2ccccc2[nH]1. The molecule has 0 saturated carbocycles. The molecule has 4 aromatic rings. The van der Waals surface area contributed by atoms with Crippen LogP contribution in [-0.2, 0) is 6.42 Å². The van der Waals surface area contributed by atoms with Gasteiger partial charge >= 0.3 is 0 Å². The number of H-pyrrole nitrogens is 1. The van der Waals surface area contributed by atoms with Crippen LogP contribution >= 0.6 is 0 Å². The van der Waals surface area contributed by atoms with E-state index >= 15 is 0 Å². The Balaban J connectivity index is 1.46. The zero-order valence-corrected chi connectivity index (χ0v) is 14.2. The topological polar surface area (TPSA) is 70.7 Å². The van der Waals surface area contributed by atoms with Crippen molar-refractivity contribution in [2.45, 2.75) is 13.3 Å². The summed E-state index contributed by atoms with van der Waals surface area (Å²) in [6.45, 7) is 2.21. The number of benzene rings is 2. The maximum atomic E-state index is 13.3. The molecule has 2 N–H and O–H groups in total. The first-order valence-electron chi connectivity index (χ1n) is 8.39. The minimum Gasteiger partial charge on any atom is -0.352 e. The number of imidazole rings is 1. The lowest BCUT2D eigenvalue weighted by Crippen LogP contribution is -2.26. The van der Waals surface area contributed by atoms with Crippen molar-refractivity contribution in [1.82, 2.24) is 20.3 Å². The predicted molar refractivity (Wildman–Crippen MR) is 98.6 cm³/mol. The van der Waals surface area contributed by atoms with Gasteiger partial charge in [-0.05, 0) is 37.3 Å². The number of amides is 1. The molecule has 2 heterocycles. The molecule has 6 heteroatoms. The van der Waals surface area contributed by atoms with Crippen LogP contribution in [0.1, 0.15) is 21.9 Å². The van der Waals surface area contributed by atoms with Gasteiger partial charge in [-0.3, -0.25) is 9.78 Å². The van der Waals surface area contributed by atoms with Crippen LogP contribution in [0.15, 0.2) is 48.5 Å². The van der Waals surface area contributed by atoms with Crippen LogP contribution in [0.25, 0.3) is 21.9 Å². The van der Waals surface area contributed by atoms with Crippen LogP contribution in [-0.4, -0.2) is 27.4 Å². The minimum absolute atomic E-state index is 0.197. The fourth-order valence-electron chi connectivity index (χ4n) is 2.98. The van der Waals surface area contributed by atoms with E-state index in [9.17, 15) is 9.18 Å². The number of fused-ring (bicyclic) bond motifs is 2. The van der Waals surface area contributed by atoms with E-state index in [-0.39, 0.29) is 11.7 Å². The molecule has 0 atom stereocenters. The molecule has 0 aliphatic heterocycles. The Bertz CT molecular complexity index is 1090. The largest absolute Gasteiger partial charge is 0.352 e. The van der Waals surface area contributed by atoms with E-state index in [4.69, 9.17) is 0 Å². The van der Waals surface area contributed by atoms with Crippen LogP contribution in [0.2, 0.25) is 0 Å². The van der Waals surface area contributed by atoms with Gasteiger partial charge in [0.05, 0.1) is 27.8 Å². The summed E-state index contributed by atoms with van der Waals surface area (Å²) in [5.41, 5.74) is 3.51.